The summed E-state index contributed by atoms with van der Waals surface area (Å²) in [5, 5.41) is 4.17. The minimum absolute atomic E-state index is 0.691. The number of para-hydroxylation sites is 1. The van der Waals surface area contributed by atoms with Gasteiger partial charge in [0, 0.05) is 31.5 Å². The number of aromatic nitrogens is 1. The molecule has 1 aromatic heterocycles. The van der Waals surface area contributed by atoms with Crippen molar-refractivity contribution >= 4 is 23.1 Å². The maximum atomic E-state index is 6.43. The number of rotatable bonds is 5. The number of benzene rings is 1. The molecule has 1 heterocycles. The van der Waals surface area contributed by atoms with Crippen molar-refractivity contribution < 1.29 is 0 Å². The second-order valence-corrected chi connectivity index (χ2v) is 6.06. The fourth-order valence-corrected chi connectivity index (χ4v) is 2.73. The molecule has 1 N–H and O–H groups in total. The molecule has 1 fully saturated rings. The minimum atomic E-state index is 0.691. The van der Waals surface area contributed by atoms with Crippen molar-refractivity contribution in [3.8, 4) is 0 Å². The molecule has 0 atom stereocenters. The molecule has 0 saturated heterocycles. The van der Waals surface area contributed by atoms with Crippen LogP contribution in [-0.4, -0.2) is 18.1 Å². The van der Waals surface area contributed by atoms with Gasteiger partial charge in [-0.05, 0) is 43.0 Å². The van der Waals surface area contributed by atoms with Crippen molar-refractivity contribution in [2.75, 3.05) is 11.9 Å². The largest absolute Gasteiger partial charge is 0.328 e. The van der Waals surface area contributed by atoms with Crippen LogP contribution in [0, 0.1) is 6.92 Å². The average molecular weight is 302 g/mol. The van der Waals surface area contributed by atoms with E-state index in [2.05, 4.69) is 29.4 Å². The Hall–Kier alpha value is -1.58. The predicted octanol–water partition coefficient (Wildman–Crippen LogP) is 4.06. The fourth-order valence-electron chi connectivity index (χ4n) is 2.42. The van der Waals surface area contributed by atoms with E-state index in [0.717, 1.165) is 23.6 Å². The van der Waals surface area contributed by atoms with Crippen LogP contribution in [0.1, 0.15) is 24.0 Å². The van der Waals surface area contributed by atoms with Gasteiger partial charge in [0.15, 0.2) is 5.82 Å². The third-order valence-corrected chi connectivity index (χ3v) is 4.12. The zero-order chi connectivity index (χ0) is 14.8. The minimum Gasteiger partial charge on any atom is -0.328 e. The van der Waals surface area contributed by atoms with Gasteiger partial charge in [0.25, 0.3) is 0 Å². The number of pyridine rings is 1. The van der Waals surface area contributed by atoms with Gasteiger partial charge >= 0.3 is 0 Å². The Morgan fingerprint density at radius 3 is 2.76 bits per heavy atom. The summed E-state index contributed by atoms with van der Waals surface area (Å²) >= 11 is 6.43. The van der Waals surface area contributed by atoms with Gasteiger partial charge in [0.1, 0.15) is 0 Å². The summed E-state index contributed by atoms with van der Waals surface area (Å²) in [6, 6.07) is 10.9. The molecule has 21 heavy (non-hydrogen) atoms. The lowest BCUT2D eigenvalue weighted by Gasteiger charge is -2.21. The van der Waals surface area contributed by atoms with Crippen LogP contribution in [0.2, 0.25) is 5.02 Å². The number of hydrogen-bond acceptors (Lipinski definition) is 3. The van der Waals surface area contributed by atoms with E-state index >= 15 is 0 Å². The smallest absolute Gasteiger partial charge is 0.151 e. The van der Waals surface area contributed by atoms with Gasteiger partial charge in [-0.3, -0.25) is 0 Å². The van der Waals surface area contributed by atoms with Crippen molar-refractivity contribution in [2.24, 2.45) is 0 Å². The van der Waals surface area contributed by atoms with E-state index in [1.54, 1.807) is 0 Å². The zero-order valence-corrected chi connectivity index (χ0v) is 13.2. The Morgan fingerprint density at radius 1 is 1.33 bits per heavy atom. The Labute approximate surface area is 131 Å². The van der Waals surface area contributed by atoms with E-state index in [0.29, 0.717) is 11.1 Å². The molecule has 3 rings (SSSR count). The normalized spacial score (nSPS) is 14.2. The Morgan fingerprint density at radius 2 is 2.10 bits per heavy atom. The summed E-state index contributed by atoms with van der Waals surface area (Å²) < 4.78 is 0. The van der Waals surface area contributed by atoms with Gasteiger partial charge in [-0.25, -0.2) is 4.98 Å². The standard InChI is InChI=1S/C17H20ClN3/c1-12-5-3-4-6-16(12)21(2)17-15(18)9-13(11-20-17)10-19-14-7-8-14/h3-6,9,11,14,19H,7-8,10H2,1-2H3. The molecular formula is C17H20ClN3. The van der Waals surface area contributed by atoms with Gasteiger partial charge in [-0.15, -0.1) is 0 Å². The summed E-state index contributed by atoms with van der Waals surface area (Å²) in [5.74, 6) is 0.793. The molecule has 0 radical (unpaired) electrons. The van der Waals surface area contributed by atoms with E-state index < -0.39 is 0 Å². The highest BCUT2D eigenvalue weighted by molar-refractivity contribution is 6.33. The highest BCUT2D eigenvalue weighted by Crippen LogP contribution is 2.31. The van der Waals surface area contributed by atoms with E-state index in [1.165, 1.54) is 18.4 Å². The van der Waals surface area contributed by atoms with Crippen molar-refractivity contribution in [1.29, 1.82) is 0 Å². The van der Waals surface area contributed by atoms with Gasteiger partial charge in [0.2, 0.25) is 0 Å². The lowest BCUT2D eigenvalue weighted by molar-refractivity contribution is 0.686. The van der Waals surface area contributed by atoms with Crippen molar-refractivity contribution in [2.45, 2.75) is 32.4 Å². The summed E-state index contributed by atoms with van der Waals surface area (Å²) in [4.78, 5) is 6.59. The second kappa shape index (κ2) is 6.04. The molecule has 3 nitrogen and oxygen atoms in total. The van der Waals surface area contributed by atoms with Crippen LogP contribution in [0.3, 0.4) is 0 Å². The highest BCUT2D eigenvalue weighted by Gasteiger charge is 2.20. The molecule has 1 aliphatic rings. The monoisotopic (exact) mass is 301 g/mol. The first kappa shape index (κ1) is 14.4. The summed E-state index contributed by atoms with van der Waals surface area (Å²) in [6.45, 7) is 2.93. The number of nitrogens with zero attached hydrogens (tertiary/aromatic N) is 2. The molecule has 4 heteroatoms. The lowest BCUT2D eigenvalue weighted by atomic mass is 10.2. The fraction of sp³-hybridized carbons (Fsp3) is 0.353. The summed E-state index contributed by atoms with van der Waals surface area (Å²) in [6.07, 6.45) is 4.48. The molecule has 1 aromatic carbocycles. The topological polar surface area (TPSA) is 28.2 Å². The van der Waals surface area contributed by atoms with Crippen LogP contribution in [0.25, 0.3) is 0 Å². The molecule has 2 aromatic rings. The van der Waals surface area contributed by atoms with Crippen molar-refractivity contribution in [3.05, 3.63) is 52.7 Å². The molecule has 110 valence electrons. The Balaban J connectivity index is 1.79. The molecule has 0 amide bonds. The second-order valence-electron chi connectivity index (χ2n) is 5.65. The van der Waals surface area contributed by atoms with E-state index in [1.807, 2.05) is 36.3 Å². The van der Waals surface area contributed by atoms with E-state index in [-0.39, 0.29) is 0 Å². The van der Waals surface area contributed by atoms with Crippen LogP contribution < -0.4 is 10.2 Å². The molecule has 1 saturated carbocycles. The first-order valence-corrected chi connectivity index (χ1v) is 7.70. The molecular weight excluding hydrogens is 282 g/mol. The number of nitrogens with one attached hydrogen (secondary N) is 1. The quantitative estimate of drug-likeness (QED) is 0.902. The molecule has 0 aliphatic heterocycles. The van der Waals surface area contributed by atoms with Crippen LogP contribution in [0.15, 0.2) is 36.5 Å². The summed E-state index contributed by atoms with van der Waals surface area (Å²) in [7, 11) is 2.00. The van der Waals surface area contributed by atoms with E-state index in [4.69, 9.17) is 11.6 Å². The maximum absolute atomic E-state index is 6.43. The highest BCUT2D eigenvalue weighted by atomic mass is 35.5. The third-order valence-electron chi connectivity index (χ3n) is 3.85. The molecule has 1 aliphatic carbocycles. The predicted molar refractivity (Wildman–Crippen MR) is 88.4 cm³/mol. The van der Waals surface area contributed by atoms with Crippen molar-refractivity contribution in [3.63, 3.8) is 0 Å². The van der Waals surface area contributed by atoms with Gasteiger partial charge < -0.3 is 10.2 Å². The van der Waals surface area contributed by atoms with Gasteiger partial charge in [0.05, 0.1) is 5.02 Å². The SMILES string of the molecule is Cc1ccccc1N(C)c1ncc(CNC2CC2)cc1Cl. The van der Waals surface area contributed by atoms with Crippen LogP contribution >= 0.6 is 11.6 Å². The molecule has 0 bridgehead atoms. The molecule has 0 unspecified atom stereocenters. The number of halogens is 1. The van der Waals surface area contributed by atoms with Gasteiger partial charge in [-0.1, -0.05) is 29.8 Å². The Kier molecular flexibility index (Phi) is 4.13. The first-order valence-electron chi connectivity index (χ1n) is 7.32. The zero-order valence-electron chi connectivity index (χ0n) is 12.4. The number of hydrogen-bond donors (Lipinski definition) is 1. The first-order chi connectivity index (χ1) is 10.1. The number of aryl methyl sites for hydroxylation is 1. The maximum Gasteiger partial charge on any atom is 0.151 e. The molecule has 0 spiro atoms. The van der Waals surface area contributed by atoms with Crippen LogP contribution in [0.5, 0.6) is 0 Å². The van der Waals surface area contributed by atoms with Crippen LogP contribution in [0.4, 0.5) is 11.5 Å². The van der Waals surface area contributed by atoms with Gasteiger partial charge in [-0.2, -0.15) is 0 Å². The Bertz CT molecular complexity index is 638. The number of anilines is 2. The average Bonchev–Trinajstić information content (AvgIpc) is 3.29. The van der Waals surface area contributed by atoms with Crippen LogP contribution in [-0.2, 0) is 6.54 Å². The third kappa shape index (κ3) is 3.36. The lowest BCUT2D eigenvalue weighted by Crippen LogP contribution is -2.17. The van der Waals surface area contributed by atoms with Crippen molar-refractivity contribution in [1.82, 2.24) is 10.3 Å². The van der Waals surface area contributed by atoms with E-state index in [9.17, 15) is 0 Å². The summed E-state index contributed by atoms with van der Waals surface area (Å²) in [5.41, 5.74) is 3.46.